The average Bonchev–Trinajstić information content (AvgIpc) is 2.42. The van der Waals surface area contributed by atoms with Crippen molar-refractivity contribution in [3.05, 3.63) is 62.4 Å². The van der Waals surface area contributed by atoms with Gasteiger partial charge in [0, 0.05) is 6.07 Å². The third-order valence-electron chi connectivity index (χ3n) is 2.52. The Morgan fingerprint density at radius 1 is 1.24 bits per heavy atom. The van der Waals surface area contributed by atoms with Gasteiger partial charge in [0.2, 0.25) is 0 Å². The predicted molar refractivity (Wildman–Crippen MR) is 74.2 cm³/mol. The summed E-state index contributed by atoms with van der Waals surface area (Å²) in [4.78, 5) is 20.9. The molecule has 0 aliphatic heterocycles. The number of halogens is 2. The molecule has 2 aromatic carbocycles. The number of carbonyl (C=O) groups is 1. The van der Waals surface area contributed by atoms with Crippen molar-refractivity contribution < 1.29 is 24.0 Å². The summed E-state index contributed by atoms with van der Waals surface area (Å²) in [5.41, 5.74) is -1.05. The number of nitro groups is 1. The van der Waals surface area contributed by atoms with E-state index in [1.54, 1.807) is 0 Å². The van der Waals surface area contributed by atoms with Crippen LogP contribution in [0.15, 0.2) is 40.9 Å². The minimum Gasteiger partial charge on any atom is -0.477 e. The molecule has 108 valence electrons. The zero-order chi connectivity index (χ0) is 15.6. The standard InChI is InChI=1S/C13H7BrFNO5/c14-10-4-2-7(5-11(10)15)21-8-1-3-9(13(17)18)12(6-8)16(19)20/h1-6H,(H,17,18). The number of hydrogen-bond donors (Lipinski definition) is 1. The van der Waals surface area contributed by atoms with Crippen molar-refractivity contribution in [1.29, 1.82) is 0 Å². The molecule has 0 aliphatic carbocycles. The van der Waals surface area contributed by atoms with Crippen molar-refractivity contribution in [3.63, 3.8) is 0 Å². The van der Waals surface area contributed by atoms with E-state index in [-0.39, 0.29) is 16.0 Å². The number of ether oxygens (including phenoxy) is 1. The van der Waals surface area contributed by atoms with Crippen LogP contribution in [-0.4, -0.2) is 16.0 Å². The van der Waals surface area contributed by atoms with E-state index in [9.17, 15) is 19.3 Å². The first-order valence-corrected chi connectivity index (χ1v) is 6.32. The van der Waals surface area contributed by atoms with Crippen molar-refractivity contribution in [3.8, 4) is 11.5 Å². The van der Waals surface area contributed by atoms with Crippen molar-refractivity contribution in [2.45, 2.75) is 0 Å². The summed E-state index contributed by atoms with van der Waals surface area (Å²) in [7, 11) is 0. The van der Waals surface area contributed by atoms with E-state index in [0.29, 0.717) is 0 Å². The Balaban J connectivity index is 2.36. The number of nitro benzene ring substituents is 1. The van der Waals surface area contributed by atoms with Crippen LogP contribution in [-0.2, 0) is 0 Å². The van der Waals surface area contributed by atoms with Gasteiger partial charge in [-0.3, -0.25) is 10.1 Å². The second-order valence-electron chi connectivity index (χ2n) is 3.92. The molecule has 0 saturated carbocycles. The molecule has 0 aromatic heterocycles. The number of benzene rings is 2. The van der Waals surface area contributed by atoms with Crippen LogP contribution in [0.5, 0.6) is 11.5 Å². The number of carboxylic acids is 1. The van der Waals surface area contributed by atoms with Gasteiger partial charge in [0.1, 0.15) is 22.9 Å². The van der Waals surface area contributed by atoms with Gasteiger partial charge in [-0.05, 0) is 40.2 Å². The molecule has 0 fully saturated rings. The Kier molecular flexibility index (Phi) is 4.18. The summed E-state index contributed by atoms with van der Waals surface area (Å²) in [5.74, 6) is -1.80. The molecule has 8 heteroatoms. The number of carboxylic acid groups (broad SMARTS) is 1. The van der Waals surface area contributed by atoms with Gasteiger partial charge in [-0.1, -0.05) is 0 Å². The van der Waals surface area contributed by atoms with Crippen molar-refractivity contribution in [2.24, 2.45) is 0 Å². The second kappa shape index (κ2) is 5.88. The van der Waals surface area contributed by atoms with Crippen molar-refractivity contribution >= 4 is 27.6 Å². The molecular weight excluding hydrogens is 349 g/mol. The smallest absolute Gasteiger partial charge is 0.342 e. The minimum atomic E-state index is -1.41. The molecule has 2 aromatic rings. The van der Waals surface area contributed by atoms with Crippen LogP contribution >= 0.6 is 15.9 Å². The Labute approximate surface area is 126 Å². The molecule has 2 rings (SSSR count). The highest BCUT2D eigenvalue weighted by molar-refractivity contribution is 9.10. The predicted octanol–water partition coefficient (Wildman–Crippen LogP) is 3.99. The summed E-state index contributed by atoms with van der Waals surface area (Å²) in [6.45, 7) is 0. The van der Waals surface area contributed by atoms with E-state index >= 15 is 0 Å². The number of aromatic carboxylic acids is 1. The maximum Gasteiger partial charge on any atom is 0.342 e. The fraction of sp³-hybridized carbons (Fsp3) is 0. The lowest BCUT2D eigenvalue weighted by Gasteiger charge is -2.07. The van der Waals surface area contributed by atoms with Crippen LogP contribution in [0.3, 0.4) is 0 Å². The lowest BCUT2D eigenvalue weighted by molar-refractivity contribution is -0.385. The van der Waals surface area contributed by atoms with Gasteiger partial charge in [-0.15, -0.1) is 0 Å². The second-order valence-corrected chi connectivity index (χ2v) is 4.77. The van der Waals surface area contributed by atoms with E-state index in [2.05, 4.69) is 15.9 Å². The highest BCUT2D eigenvalue weighted by Gasteiger charge is 2.20. The third-order valence-corrected chi connectivity index (χ3v) is 3.17. The van der Waals surface area contributed by atoms with Crippen molar-refractivity contribution in [1.82, 2.24) is 0 Å². The molecule has 0 unspecified atom stereocenters. The third kappa shape index (κ3) is 3.34. The van der Waals surface area contributed by atoms with Crippen molar-refractivity contribution in [2.75, 3.05) is 0 Å². The maximum atomic E-state index is 13.3. The van der Waals surface area contributed by atoms with Gasteiger partial charge in [-0.2, -0.15) is 0 Å². The topological polar surface area (TPSA) is 89.7 Å². The first-order valence-electron chi connectivity index (χ1n) is 5.53. The number of rotatable bonds is 4. The summed E-state index contributed by atoms with van der Waals surface area (Å²) >= 11 is 2.99. The van der Waals surface area contributed by atoms with E-state index in [1.165, 1.54) is 18.2 Å². The molecule has 0 spiro atoms. The Morgan fingerprint density at radius 3 is 2.43 bits per heavy atom. The number of nitrogens with zero attached hydrogens (tertiary/aromatic N) is 1. The summed E-state index contributed by atoms with van der Waals surface area (Å²) in [6, 6.07) is 7.28. The summed E-state index contributed by atoms with van der Waals surface area (Å²) < 4.78 is 18.9. The van der Waals surface area contributed by atoms with E-state index in [1.807, 2.05) is 0 Å². The molecule has 21 heavy (non-hydrogen) atoms. The molecule has 0 aliphatic rings. The lowest BCUT2D eigenvalue weighted by atomic mass is 10.1. The largest absolute Gasteiger partial charge is 0.477 e. The molecule has 0 radical (unpaired) electrons. The van der Waals surface area contributed by atoms with E-state index < -0.39 is 28.0 Å². The molecule has 0 amide bonds. The number of hydrogen-bond acceptors (Lipinski definition) is 4. The van der Waals surface area contributed by atoms with E-state index in [0.717, 1.165) is 18.2 Å². The Hall–Kier alpha value is -2.48. The van der Waals surface area contributed by atoms with Gasteiger partial charge in [0.15, 0.2) is 0 Å². The minimum absolute atomic E-state index is 0.0356. The zero-order valence-electron chi connectivity index (χ0n) is 10.2. The Bertz CT molecular complexity index is 734. The highest BCUT2D eigenvalue weighted by atomic mass is 79.9. The lowest BCUT2D eigenvalue weighted by Crippen LogP contribution is -2.02. The SMILES string of the molecule is O=C(O)c1ccc(Oc2ccc(Br)c(F)c2)cc1[N+](=O)[O-]. The molecule has 0 saturated heterocycles. The molecule has 0 bridgehead atoms. The maximum absolute atomic E-state index is 13.3. The quantitative estimate of drug-likeness (QED) is 0.661. The molecule has 0 heterocycles. The normalized spacial score (nSPS) is 10.2. The first-order chi connectivity index (χ1) is 9.88. The fourth-order valence-corrected chi connectivity index (χ4v) is 1.83. The molecular formula is C13H7BrFNO5. The first kappa shape index (κ1) is 14.9. The van der Waals surface area contributed by atoms with Gasteiger partial charge < -0.3 is 9.84 Å². The van der Waals surface area contributed by atoms with Gasteiger partial charge in [0.05, 0.1) is 15.5 Å². The monoisotopic (exact) mass is 355 g/mol. The molecule has 1 N–H and O–H groups in total. The highest BCUT2D eigenvalue weighted by Crippen LogP contribution is 2.30. The average molecular weight is 356 g/mol. The Morgan fingerprint density at radius 2 is 1.86 bits per heavy atom. The van der Waals surface area contributed by atoms with Gasteiger partial charge in [-0.25, -0.2) is 9.18 Å². The zero-order valence-corrected chi connectivity index (χ0v) is 11.8. The molecule has 0 atom stereocenters. The van der Waals surface area contributed by atoms with Gasteiger partial charge in [0.25, 0.3) is 5.69 Å². The van der Waals surface area contributed by atoms with Crippen LogP contribution in [0, 0.1) is 15.9 Å². The van der Waals surface area contributed by atoms with Crippen LogP contribution < -0.4 is 4.74 Å². The van der Waals surface area contributed by atoms with Gasteiger partial charge >= 0.3 is 5.97 Å². The fourth-order valence-electron chi connectivity index (χ4n) is 1.58. The van der Waals surface area contributed by atoms with Crippen LogP contribution in [0.4, 0.5) is 10.1 Å². The van der Waals surface area contributed by atoms with Crippen LogP contribution in [0.25, 0.3) is 0 Å². The van der Waals surface area contributed by atoms with Crippen LogP contribution in [0.2, 0.25) is 0 Å². The molecule has 6 nitrogen and oxygen atoms in total. The van der Waals surface area contributed by atoms with E-state index in [4.69, 9.17) is 9.84 Å². The summed E-state index contributed by atoms with van der Waals surface area (Å²) in [6.07, 6.45) is 0. The van der Waals surface area contributed by atoms with Crippen LogP contribution in [0.1, 0.15) is 10.4 Å². The summed E-state index contributed by atoms with van der Waals surface area (Å²) in [5, 5.41) is 19.7.